The Kier molecular flexibility index (Phi) is 3.72. The van der Waals surface area contributed by atoms with E-state index < -0.39 is 0 Å². The third-order valence-corrected chi connectivity index (χ3v) is 4.25. The Morgan fingerprint density at radius 2 is 2.22 bits per heavy atom. The average Bonchev–Trinajstić information content (AvgIpc) is 3.40. The van der Waals surface area contributed by atoms with Crippen molar-refractivity contribution in [2.24, 2.45) is 0 Å². The van der Waals surface area contributed by atoms with Gasteiger partial charge in [0.15, 0.2) is 0 Å². The van der Waals surface area contributed by atoms with Gasteiger partial charge in [-0.15, -0.1) is 0 Å². The van der Waals surface area contributed by atoms with Gasteiger partial charge in [-0.2, -0.15) is 5.26 Å². The van der Waals surface area contributed by atoms with Crippen LogP contribution in [0.5, 0.6) is 5.88 Å². The number of ether oxygens (including phenoxy) is 1. The van der Waals surface area contributed by atoms with Crippen LogP contribution in [0.4, 0.5) is 5.82 Å². The van der Waals surface area contributed by atoms with Gasteiger partial charge in [0.25, 0.3) is 0 Å². The fourth-order valence-corrected chi connectivity index (χ4v) is 2.87. The third kappa shape index (κ3) is 3.20. The lowest BCUT2D eigenvalue weighted by atomic mass is 10.1. The maximum Gasteiger partial charge on any atom is 0.223 e. The van der Waals surface area contributed by atoms with Crippen LogP contribution in [0, 0.1) is 11.3 Å². The molecular formula is C17H19N5O. The van der Waals surface area contributed by atoms with Crippen molar-refractivity contribution in [1.29, 1.82) is 5.26 Å². The molecular weight excluding hydrogens is 290 g/mol. The summed E-state index contributed by atoms with van der Waals surface area (Å²) >= 11 is 0. The van der Waals surface area contributed by atoms with Crippen molar-refractivity contribution in [3.8, 4) is 11.9 Å². The lowest BCUT2D eigenvalue weighted by molar-refractivity contribution is 0.295. The molecule has 1 saturated heterocycles. The van der Waals surface area contributed by atoms with E-state index in [9.17, 15) is 0 Å². The predicted octanol–water partition coefficient (Wildman–Crippen LogP) is 2.21. The number of nitrogens with one attached hydrogen (secondary N) is 2. The molecule has 6 heteroatoms. The Balaban J connectivity index is 1.66. The first kappa shape index (κ1) is 14.2. The summed E-state index contributed by atoms with van der Waals surface area (Å²) < 4.78 is 5.90. The van der Waals surface area contributed by atoms with Gasteiger partial charge in [-0.05, 0) is 44.4 Å². The van der Waals surface area contributed by atoms with E-state index in [4.69, 9.17) is 10.00 Å². The van der Waals surface area contributed by atoms with E-state index >= 15 is 0 Å². The minimum Gasteiger partial charge on any atom is -0.474 e. The van der Waals surface area contributed by atoms with Gasteiger partial charge < -0.3 is 15.4 Å². The van der Waals surface area contributed by atoms with Crippen LogP contribution in [0.15, 0.2) is 18.3 Å². The molecule has 118 valence electrons. The van der Waals surface area contributed by atoms with Crippen LogP contribution in [0.25, 0.3) is 10.8 Å². The molecule has 0 radical (unpaired) electrons. The maximum atomic E-state index is 9.13. The lowest BCUT2D eigenvalue weighted by Crippen LogP contribution is -2.38. The highest BCUT2D eigenvalue weighted by Gasteiger charge is 2.25. The van der Waals surface area contributed by atoms with E-state index in [1.54, 1.807) is 12.3 Å². The molecule has 1 atom stereocenters. The van der Waals surface area contributed by atoms with Gasteiger partial charge in [0.1, 0.15) is 23.7 Å². The number of rotatable bonds is 4. The molecule has 23 heavy (non-hydrogen) atoms. The van der Waals surface area contributed by atoms with Crippen LogP contribution in [0.2, 0.25) is 0 Å². The average molecular weight is 309 g/mol. The minimum absolute atomic E-state index is 0.242. The molecule has 1 saturated carbocycles. The Morgan fingerprint density at radius 3 is 2.96 bits per heavy atom. The summed E-state index contributed by atoms with van der Waals surface area (Å²) in [5.74, 6) is 1.38. The molecule has 3 heterocycles. The van der Waals surface area contributed by atoms with E-state index in [-0.39, 0.29) is 6.10 Å². The zero-order valence-corrected chi connectivity index (χ0v) is 12.9. The Hall–Kier alpha value is -2.39. The van der Waals surface area contributed by atoms with Crippen molar-refractivity contribution in [1.82, 2.24) is 15.3 Å². The molecule has 0 unspecified atom stereocenters. The highest BCUT2D eigenvalue weighted by molar-refractivity contribution is 5.89. The molecule has 0 aromatic carbocycles. The summed E-state index contributed by atoms with van der Waals surface area (Å²) in [5, 5.41) is 17.8. The number of piperidine rings is 1. The summed E-state index contributed by atoms with van der Waals surface area (Å²) in [7, 11) is 0. The van der Waals surface area contributed by atoms with Gasteiger partial charge in [-0.25, -0.2) is 9.97 Å². The summed E-state index contributed by atoms with van der Waals surface area (Å²) in [4.78, 5) is 8.82. The monoisotopic (exact) mass is 309 g/mol. The molecule has 4 rings (SSSR count). The molecule has 2 N–H and O–H groups in total. The fourth-order valence-electron chi connectivity index (χ4n) is 2.87. The van der Waals surface area contributed by atoms with Gasteiger partial charge in [0.2, 0.25) is 5.88 Å². The Labute approximate surface area is 134 Å². The lowest BCUT2D eigenvalue weighted by Gasteiger charge is -2.24. The summed E-state index contributed by atoms with van der Waals surface area (Å²) in [6.07, 6.45) is 6.47. The highest BCUT2D eigenvalue weighted by Crippen LogP contribution is 2.32. The Bertz CT molecular complexity index is 759. The summed E-state index contributed by atoms with van der Waals surface area (Å²) in [6, 6.07) is 6.23. The van der Waals surface area contributed by atoms with E-state index in [1.165, 1.54) is 6.42 Å². The number of nitrogens with zero attached hydrogens (tertiary/aromatic N) is 3. The predicted molar refractivity (Wildman–Crippen MR) is 87.4 cm³/mol. The number of hydrogen-bond donors (Lipinski definition) is 2. The quantitative estimate of drug-likeness (QED) is 0.901. The molecule has 2 aliphatic rings. The van der Waals surface area contributed by atoms with Crippen molar-refractivity contribution in [2.45, 2.75) is 37.8 Å². The van der Waals surface area contributed by atoms with Crippen molar-refractivity contribution in [2.75, 3.05) is 18.4 Å². The van der Waals surface area contributed by atoms with Crippen LogP contribution >= 0.6 is 0 Å². The number of aromatic nitrogens is 2. The van der Waals surface area contributed by atoms with Gasteiger partial charge in [0, 0.05) is 29.6 Å². The smallest absolute Gasteiger partial charge is 0.223 e. The van der Waals surface area contributed by atoms with Crippen molar-refractivity contribution in [3.05, 3.63) is 24.0 Å². The van der Waals surface area contributed by atoms with Crippen LogP contribution in [0.1, 0.15) is 31.4 Å². The summed E-state index contributed by atoms with van der Waals surface area (Å²) in [5.41, 5.74) is 0.368. The Morgan fingerprint density at radius 1 is 1.30 bits per heavy atom. The topological polar surface area (TPSA) is 82.9 Å². The second-order valence-corrected chi connectivity index (χ2v) is 6.22. The van der Waals surface area contributed by atoms with Crippen molar-refractivity contribution < 1.29 is 4.74 Å². The highest BCUT2D eigenvalue weighted by atomic mass is 16.5. The second-order valence-electron chi connectivity index (χ2n) is 6.22. The number of anilines is 1. The largest absolute Gasteiger partial charge is 0.474 e. The molecule has 2 fully saturated rings. The fraction of sp³-hybridized carbons (Fsp3) is 0.471. The van der Waals surface area contributed by atoms with Crippen LogP contribution in [-0.2, 0) is 0 Å². The standard InChI is InChI=1S/C17H19N5O/c18-8-13-6-11-9-20-16(21-12-2-1-5-19-10-12)7-15(11)17(22-13)23-14-3-4-14/h6-7,9,12,14,19H,1-5,10H2,(H,20,21)/t12-/m0/s1. The number of fused-ring (bicyclic) bond motifs is 1. The second kappa shape index (κ2) is 6.01. The molecule has 6 nitrogen and oxygen atoms in total. The van der Waals surface area contributed by atoms with Gasteiger partial charge in [-0.1, -0.05) is 0 Å². The van der Waals surface area contributed by atoms with Crippen LogP contribution in [0.3, 0.4) is 0 Å². The number of nitriles is 1. The molecule has 0 amide bonds. The van der Waals surface area contributed by atoms with Crippen molar-refractivity contribution in [3.63, 3.8) is 0 Å². The molecule has 0 spiro atoms. The first-order valence-electron chi connectivity index (χ1n) is 8.16. The van der Waals surface area contributed by atoms with Gasteiger partial charge in [-0.3, -0.25) is 0 Å². The van der Waals surface area contributed by atoms with E-state index in [0.717, 1.165) is 48.9 Å². The SMILES string of the molecule is N#Cc1cc2cnc(N[C@H]3CCCNC3)cc2c(OC2CC2)n1. The third-order valence-electron chi connectivity index (χ3n) is 4.25. The van der Waals surface area contributed by atoms with Gasteiger partial charge in [0.05, 0.1) is 0 Å². The molecule has 2 aromatic rings. The van der Waals surface area contributed by atoms with E-state index in [0.29, 0.717) is 17.6 Å². The first-order chi connectivity index (χ1) is 11.3. The van der Waals surface area contributed by atoms with Crippen molar-refractivity contribution >= 4 is 16.6 Å². The normalized spacial score (nSPS) is 20.9. The first-order valence-corrected chi connectivity index (χ1v) is 8.16. The zero-order valence-electron chi connectivity index (χ0n) is 12.9. The number of pyridine rings is 2. The van der Waals surface area contributed by atoms with E-state index in [1.807, 2.05) is 6.07 Å². The zero-order chi connectivity index (χ0) is 15.6. The van der Waals surface area contributed by atoms with E-state index in [2.05, 4.69) is 26.7 Å². The van der Waals surface area contributed by atoms with Crippen LogP contribution < -0.4 is 15.4 Å². The summed E-state index contributed by atoms with van der Waals surface area (Å²) in [6.45, 7) is 2.04. The molecule has 0 bridgehead atoms. The molecule has 1 aliphatic heterocycles. The molecule has 1 aliphatic carbocycles. The van der Waals surface area contributed by atoms with Gasteiger partial charge >= 0.3 is 0 Å². The minimum atomic E-state index is 0.242. The number of hydrogen-bond acceptors (Lipinski definition) is 6. The van der Waals surface area contributed by atoms with Crippen LogP contribution in [-0.4, -0.2) is 35.2 Å². The maximum absolute atomic E-state index is 9.13. The molecule has 2 aromatic heterocycles.